The Morgan fingerprint density at radius 3 is 2.05 bits per heavy atom. The molecule has 0 N–H and O–H groups in total. The van der Waals surface area contributed by atoms with Crippen molar-refractivity contribution in [2.24, 2.45) is 5.16 Å². The van der Waals surface area contributed by atoms with E-state index in [0.717, 1.165) is 21.6 Å². The summed E-state index contributed by atoms with van der Waals surface area (Å²) in [5, 5.41) is 3.95. The molecule has 0 saturated heterocycles. The van der Waals surface area contributed by atoms with Crippen LogP contribution in [0.25, 0.3) is 20.9 Å². The van der Waals surface area contributed by atoms with E-state index < -0.39 is 0 Å². The normalized spacial score (nSPS) is 11.0. The fraction of sp³-hybridized carbons (Fsp3) is 0.118. The molecule has 0 unspecified atom stereocenters. The maximum atomic E-state index is 4.86. The van der Waals surface area contributed by atoms with Crippen molar-refractivity contribution in [3.8, 4) is 20.9 Å². The van der Waals surface area contributed by atoms with E-state index in [1.807, 2.05) is 36.7 Å². The Morgan fingerprint density at radius 2 is 1.50 bits per heavy atom. The fourth-order valence-electron chi connectivity index (χ4n) is 2.28. The first kappa shape index (κ1) is 14.4. The van der Waals surface area contributed by atoms with Gasteiger partial charge in [-0.15, -0.1) is 11.3 Å². The summed E-state index contributed by atoms with van der Waals surface area (Å²) in [6.45, 7) is 2.11. The van der Waals surface area contributed by atoms with Crippen molar-refractivity contribution in [2.75, 3.05) is 7.11 Å². The topological polar surface area (TPSA) is 47.4 Å². The maximum Gasteiger partial charge on any atom is 0.106 e. The highest BCUT2D eigenvalue weighted by molar-refractivity contribution is 7.19. The largest absolute Gasteiger partial charge is 0.399 e. The predicted molar refractivity (Wildman–Crippen MR) is 90.1 cm³/mol. The summed E-state index contributed by atoms with van der Waals surface area (Å²) in [6.07, 6.45) is 8.99. The van der Waals surface area contributed by atoms with E-state index in [4.69, 9.17) is 4.84 Å². The van der Waals surface area contributed by atoms with E-state index in [9.17, 15) is 0 Å². The number of hydrogen-bond donors (Lipinski definition) is 0. The number of nitrogens with zero attached hydrogens (tertiary/aromatic N) is 3. The SMILES string of the molecule is CO/N=C/c1c(-c2ccncc2)sc(-c2ccncc2)c1C. The molecular formula is C17H15N3OS. The van der Waals surface area contributed by atoms with Crippen molar-refractivity contribution in [1.29, 1.82) is 0 Å². The lowest BCUT2D eigenvalue weighted by atomic mass is 10.0. The Morgan fingerprint density at radius 1 is 0.955 bits per heavy atom. The molecule has 4 nitrogen and oxygen atoms in total. The highest BCUT2D eigenvalue weighted by atomic mass is 32.1. The second-order valence-corrected chi connectivity index (χ2v) is 5.71. The zero-order valence-corrected chi connectivity index (χ0v) is 13.2. The van der Waals surface area contributed by atoms with Gasteiger partial charge >= 0.3 is 0 Å². The van der Waals surface area contributed by atoms with Crippen LogP contribution in [0, 0.1) is 6.92 Å². The van der Waals surface area contributed by atoms with Crippen LogP contribution < -0.4 is 0 Å². The van der Waals surface area contributed by atoms with Gasteiger partial charge in [0.25, 0.3) is 0 Å². The van der Waals surface area contributed by atoms with Crippen LogP contribution in [-0.4, -0.2) is 23.3 Å². The molecule has 0 spiro atoms. The van der Waals surface area contributed by atoms with Gasteiger partial charge < -0.3 is 4.84 Å². The van der Waals surface area contributed by atoms with Crippen molar-refractivity contribution in [3.05, 3.63) is 60.2 Å². The first-order chi connectivity index (χ1) is 10.8. The Labute approximate surface area is 133 Å². The zero-order valence-electron chi connectivity index (χ0n) is 12.4. The third-order valence-electron chi connectivity index (χ3n) is 3.37. The van der Waals surface area contributed by atoms with Gasteiger partial charge in [0.05, 0.1) is 6.21 Å². The summed E-state index contributed by atoms with van der Waals surface area (Å²) >= 11 is 1.74. The number of hydrogen-bond acceptors (Lipinski definition) is 5. The molecule has 0 bridgehead atoms. The summed E-state index contributed by atoms with van der Waals surface area (Å²) in [7, 11) is 1.55. The average molecular weight is 309 g/mol. The smallest absolute Gasteiger partial charge is 0.106 e. The summed E-state index contributed by atoms with van der Waals surface area (Å²) in [4.78, 5) is 15.4. The summed E-state index contributed by atoms with van der Waals surface area (Å²) in [6, 6.07) is 8.05. The van der Waals surface area contributed by atoms with E-state index in [-0.39, 0.29) is 0 Å². The van der Waals surface area contributed by atoms with Gasteiger partial charge in [0.15, 0.2) is 0 Å². The number of thiophene rings is 1. The van der Waals surface area contributed by atoms with Crippen molar-refractivity contribution < 1.29 is 4.84 Å². The van der Waals surface area contributed by atoms with Crippen LogP contribution in [-0.2, 0) is 4.84 Å². The maximum absolute atomic E-state index is 4.86. The minimum atomic E-state index is 1.07. The highest BCUT2D eigenvalue weighted by Gasteiger charge is 2.16. The average Bonchev–Trinajstić information content (AvgIpc) is 2.91. The number of rotatable bonds is 4. The minimum absolute atomic E-state index is 1.07. The first-order valence-electron chi connectivity index (χ1n) is 6.82. The van der Waals surface area contributed by atoms with E-state index in [2.05, 4.69) is 22.0 Å². The minimum Gasteiger partial charge on any atom is -0.399 e. The van der Waals surface area contributed by atoms with E-state index in [1.165, 1.54) is 10.4 Å². The van der Waals surface area contributed by atoms with Gasteiger partial charge in [0.2, 0.25) is 0 Å². The van der Waals surface area contributed by atoms with Crippen LogP contribution in [0.1, 0.15) is 11.1 Å². The molecule has 0 aromatic carbocycles. The van der Waals surface area contributed by atoms with Gasteiger partial charge in [0.1, 0.15) is 7.11 Å². The van der Waals surface area contributed by atoms with Gasteiger partial charge in [-0.2, -0.15) is 0 Å². The van der Waals surface area contributed by atoms with Crippen LogP contribution in [0.4, 0.5) is 0 Å². The molecule has 110 valence electrons. The zero-order chi connectivity index (χ0) is 15.4. The molecule has 3 rings (SSSR count). The van der Waals surface area contributed by atoms with Gasteiger partial charge in [-0.25, -0.2) is 0 Å². The van der Waals surface area contributed by atoms with Crippen LogP contribution in [0.3, 0.4) is 0 Å². The number of oxime groups is 1. The standard InChI is InChI=1S/C17H15N3OS/c1-12-15(11-20-21-2)17(14-5-9-19-10-6-14)22-16(12)13-3-7-18-8-4-13/h3-11H,1-2H3/b20-11+. The van der Waals surface area contributed by atoms with Crippen molar-refractivity contribution in [2.45, 2.75) is 6.92 Å². The second kappa shape index (κ2) is 6.49. The van der Waals surface area contributed by atoms with Gasteiger partial charge in [-0.05, 0) is 47.9 Å². The van der Waals surface area contributed by atoms with Crippen molar-refractivity contribution in [3.63, 3.8) is 0 Å². The Balaban J connectivity index is 2.19. The van der Waals surface area contributed by atoms with Crippen LogP contribution in [0.15, 0.2) is 54.2 Å². The lowest BCUT2D eigenvalue weighted by Crippen LogP contribution is -1.87. The Bertz CT molecular complexity index is 782. The van der Waals surface area contributed by atoms with E-state index in [1.54, 1.807) is 37.1 Å². The number of aromatic nitrogens is 2. The van der Waals surface area contributed by atoms with E-state index in [0.29, 0.717) is 0 Å². The van der Waals surface area contributed by atoms with Crippen LogP contribution in [0.5, 0.6) is 0 Å². The number of pyridine rings is 2. The van der Waals surface area contributed by atoms with Crippen LogP contribution in [0.2, 0.25) is 0 Å². The molecule has 22 heavy (non-hydrogen) atoms. The first-order valence-corrected chi connectivity index (χ1v) is 7.63. The Kier molecular flexibility index (Phi) is 4.25. The predicted octanol–water partition coefficient (Wildman–Crippen LogP) is 4.16. The lowest BCUT2D eigenvalue weighted by Gasteiger charge is -2.00. The van der Waals surface area contributed by atoms with Crippen molar-refractivity contribution in [1.82, 2.24) is 9.97 Å². The lowest BCUT2D eigenvalue weighted by molar-refractivity contribution is 0.215. The second-order valence-electron chi connectivity index (χ2n) is 4.69. The van der Waals surface area contributed by atoms with Gasteiger partial charge in [0, 0.05) is 40.1 Å². The molecule has 0 fully saturated rings. The molecule has 3 aromatic heterocycles. The highest BCUT2D eigenvalue weighted by Crippen LogP contribution is 2.40. The summed E-state index contributed by atoms with van der Waals surface area (Å²) in [5.74, 6) is 0. The molecule has 0 radical (unpaired) electrons. The fourth-order valence-corrected chi connectivity index (χ4v) is 3.57. The third-order valence-corrected chi connectivity index (χ3v) is 4.77. The molecule has 0 saturated carbocycles. The summed E-state index contributed by atoms with van der Waals surface area (Å²) in [5.41, 5.74) is 4.54. The van der Waals surface area contributed by atoms with Crippen LogP contribution >= 0.6 is 11.3 Å². The molecule has 0 amide bonds. The van der Waals surface area contributed by atoms with Gasteiger partial charge in [-0.1, -0.05) is 5.16 Å². The van der Waals surface area contributed by atoms with Gasteiger partial charge in [-0.3, -0.25) is 9.97 Å². The third kappa shape index (κ3) is 2.76. The molecular weight excluding hydrogens is 294 g/mol. The molecule has 0 aliphatic heterocycles. The molecule has 0 aliphatic carbocycles. The molecule has 0 aliphatic rings. The molecule has 3 heterocycles. The molecule has 3 aromatic rings. The Hall–Kier alpha value is -2.53. The molecule has 0 atom stereocenters. The monoisotopic (exact) mass is 309 g/mol. The van der Waals surface area contributed by atoms with E-state index >= 15 is 0 Å². The molecule has 5 heteroatoms. The van der Waals surface area contributed by atoms with Crippen molar-refractivity contribution >= 4 is 17.6 Å². The summed E-state index contributed by atoms with van der Waals surface area (Å²) < 4.78 is 0. The quantitative estimate of drug-likeness (QED) is 0.537.